The monoisotopic (exact) mass is 395 g/mol. The highest BCUT2D eigenvalue weighted by molar-refractivity contribution is 6.30. The number of para-hydroxylation sites is 1. The van der Waals surface area contributed by atoms with E-state index in [9.17, 15) is 9.90 Å². The maximum absolute atomic E-state index is 11.6. The maximum Gasteiger partial charge on any atom is 0.333 e. The van der Waals surface area contributed by atoms with Crippen LogP contribution in [0.3, 0.4) is 0 Å². The molecule has 0 amide bonds. The van der Waals surface area contributed by atoms with Gasteiger partial charge in [-0.2, -0.15) is 0 Å². The SMILES string of the molecule is CC(C)OC(Cc1cn(CC#Cc2ccc(Cl)cc2)c2ccccc12)C(=O)O. The lowest BCUT2D eigenvalue weighted by Crippen LogP contribution is -2.29. The number of rotatable bonds is 6. The molecular formula is C23H22ClNO3. The van der Waals surface area contributed by atoms with Gasteiger partial charge in [0, 0.05) is 34.1 Å². The van der Waals surface area contributed by atoms with Crippen molar-refractivity contribution in [2.45, 2.75) is 39.0 Å². The van der Waals surface area contributed by atoms with Crippen LogP contribution in [-0.4, -0.2) is 27.9 Å². The molecule has 0 radical (unpaired) electrons. The number of benzene rings is 2. The molecule has 1 atom stereocenters. The van der Waals surface area contributed by atoms with E-state index in [1.54, 1.807) is 0 Å². The van der Waals surface area contributed by atoms with Crippen LogP contribution in [0.1, 0.15) is 25.0 Å². The molecule has 144 valence electrons. The first-order valence-electron chi connectivity index (χ1n) is 9.13. The van der Waals surface area contributed by atoms with E-state index < -0.39 is 12.1 Å². The molecule has 0 saturated carbocycles. The molecular weight excluding hydrogens is 374 g/mol. The molecule has 2 aromatic carbocycles. The summed E-state index contributed by atoms with van der Waals surface area (Å²) in [5.74, 6) is 5.35. The van der Waals surface area contributed by atoms with Gasteiger partial charge >= 0.3 is 5.97 Å². The minimum absolute atomic E-state index is 0.153. The number of hydrogen-bond donors (Lipinski definition) is 1. The first-order chi connectivity index (χ1) is 13.4. The summed E-state index contributed by atoms with van der Waals surface area (Å²) in [7, 11) is 0. The van der Waals surface area contributed by atoms with E-state index in [0.717, 1.165) is 22.0 Å². The molecule has 1 heterocycles. The second-order valence-corrected chi connectivity index (χ2v) is 7.26. The Hall–Kier alpha value is -2.74. The van der Waals surface area contributed by atoms with Crippen molar-refractivity contribution < 1.29 is 14.6 Å². The van der Waals surface area contributed by atoms with Crippen molar-refractivity contribution >= 4 is 28.5 Å². The number of fused-ring (bicyclic) bond motifs is 1. The van der Waals surface area contributed by atoms with Crippen LogP contribution in [0, 0.1) is 11.8 Å². The highest BCUT2D eigenvalue weighted by atomic mass is 35.5. The number of halogens is 1. The predicted octanol–water partition coefficient (Wildman–Crippen LogP) is 4.77. The van der Waals surface area contributed by atoms with Gasteiger partial charge in [-0.05, 0) is 49.7 Å². The predicted molar refractivity (Wildman–Crippen MR) is 112 cm³/mol. The third kappa shape index (κ3) is 4.95. The molecule has 5 heteroatoms. The number of aliphatic carboxylic acids is 1. The smallest absolute Gasteiger partial charge is 0.333 e. The van der Waals surface area contributed by atoms with E-state index in [2.05, 4.69) is 11.8 Å². The molecule has 1 N–H and O–H groups in total. The second-order valence-electron chi connectivity index (χ2n) is 6.82. The molecule has 1 unspecified atom stereocenters. The molecule has 0 bridgehead atoms. The fourth-order valence-electron chi connectivity index (χ4n) is 3.10. The molecule has 3 aromatic rings. The number of carbonyl (C=O) groups is 1. The van der Waals surface area contributed by atoms with Gasteiger partial charge in [0.15, 0.2) is 6.10 Å². The fraction of sp³-hybridized carbons (Fsp3) is 0.261. The number of hydrogen-bond acceptors (Lipinski definition) is 2. The van der Waals surface area contributed by atoms with Crippen LogP contribution in [0.15, 0.2) is 54.7 Å². The van der Waals surface area contributed by atoms with E-state index in [4.69, 9.17) is 16.3 Å². The third-order valence-electron chi connectivity index (χ3n) is 4.31. The van der Waals surface area contributed by atoms with Crippen LogP contribution in [0.5, 0.6) is 0 Å². The summed E-state index contributed by atoms with van der Waals surface area (Å²) in [4.78, 5) is 11.6. The standard InChI is InChI=1S/C23H22ClNO3/c1-16(2)28-22(23(26)27)14-18-15-25(21-8-4-3-7-20(18)21)13-5-6-17-9-11-19(24)12-10-17/h3-4,7-12,15-16,22H,13-14H2,1-2H3,(H,26,27). The fourth-order valence-corrected chi connectivity index (χ4v) is 3.22. The van der Waals surface area contributed by atoms with Crippen LogP contribution in [0.25, 0.3) is 10.9 Å². The van der Waals surface area contributed by atoms with E-state index in [0.29, 0.717) is 18.0 Å². The van der Waals surface area contributed by atoms with Crippen LogP contribution < -0.4 is 0 Å². The van der Waals surface area contributed by atoms with Crippen molar-refractivity contribution in [2.24, 2.45) is 0 Å². The van der Waals surface area contributed by atoms with Crippen molar-refractivity contribution in [3.05, 3.63) is 70.9 Å². The van der Waals surface area contributed by atoms with Crippen LogP contribution >= 0.6 is 11.6 Å². The van der Waals surface area contributed by atoms with Crippen LogP contribution in [0.4, 0.5) is 0 Å². The molecule has 4 nitrogen and oxygen atoms in total. The maximum atomic E-state index is 11.6. The van der Waals surface area contributed by atoms with Gasteiger partial charge in [-0.1, -0.05) is 41.6 Å². The highest BCUT2D eigenvalue weighted by Gasteiger charge is 2.22. The highest BCUT2D eigenvalue weighted by Crippen LogP contribution is 2.23. The van der Waals surface area contributed by atoms with Crippen LogP contribution in [-0.2, 0) is 22.5 Å². The Morgan fingerprint density at radius 1 is 1.18 bits per heavy atom. The Morgan fingerprint density at radius 2 is 1.89 bits per heavy atom. The summed E-state index contributed by atoms with van der Waals surface area (Å²) < 4.78 is 7.62. The third-order valence-corrected chi connectivity index (χ3v) is 4.57. The number of ether oxygens (including phenoxy) is 1. The second kappa shape index (κ2) is 8.97. The van der Waals surface area contributed by atoms with Crippen molar-refractivity contribution in [2.75, 3.05) is 0 Å². The first-order valence-corrected chi connectivity index (χ1v) is 9.51. The minimum Gasteiger partial charge on any atom is -0.479 e. The summed E-state index contributed by atoms with van der Waals surface area (Å²) in [6.07, 6.45) is 1.26. The molecule has 28 heavy (non-hydrogen) atoms. The summed E-state index contributed by atoms with van der Waals surface area (Å²) in [5, 5.41) is 11.2. The molecule has 0 spiro atoms. The lowest BCUT2D eigenvalue weighted by Gasteiger charge is -2.16. The molecule has 0 saturated heterocycles. The van der Waals surface area contributed by atoms with E-state index in [1.807, 2.05) is 73.1 Å². The molecule has 0 aliphatic carbocycles. The van der Waals surface area contributed by atoms with Gasteiger partial charge in [-0.3, -0.25) is 0 Å². The average molecular weight is 396 g/mol. The minimum atomic E-state index is -0.951. The number of carboxylic acids is 1. The van der Waals surface area contributed by atoms with Crippen molar-refractivity contribution in [3.63, 3.8) is 0 Å². The topological polar surface area (TPSA) is 51.5 Å². The molecule has 0 aliphatic heterocycles. The lowest BCUT2D eigenvalue weighted by molar-refractivity contribution is -0.153. The summed E-state index contributed by atoms with van der Waals surface area (Å²) in [6, 6.07) is 15.3. The Kier molecular flexibility index (Phi) is 6.41. The molecule has 0 fully saturated rings. The number of carboxylic acid groups (broad SMARTS) is 1. The van der Waals surface area contributed by atoms with Crippen molar-refractivity contribution in [3.8, 4) is 11.8 Å². The van der Waals surface area contributed by atoms with Crippen LogP contribution in [0.2, 0.25) is 5.02 Å². The van der Waals surface area contributed by atoms with Gasteiger partial charge in [0.05, 0.1) is 12.6 Å². The zero-order valence-electron chi connectivity index (χ0n) is 15.9. The van der Waals surface area contributed by atoms with E-state index in [1.165, 1.54) is 0 Å². The Labute approximate surface area is 169 Å². The van der Waals surface area contributed by atoms with Gasteiger partial charge in [0.2, 0.25) is 0 Å². The van der Waals surface area contributed by atoms with Gasteiger partial charge in [0.1, 0.15) is 0 Å². The molecule has 3 rings (SSSR count). The largest absolute Gasteiger partial charge is 0.479 e. The number of aromatic nitrogens is 1. The molecule has 0 aliphatic rings. The van der Waals surface area contributed by atoms with Gasteiger partial charge in [0.25, 0.3) is 0 Å². The Balaban J connectivity index is 1.86. The normalized spacial score (nSPS) is 12.0. The van der Waals surface area contributed by atoms with E-state index in [-0.39, 0.29) is 6.10 Å². The van der Waals surface area contributed by atoms with Gasteiger partial charge < -0.3 is 14.4 Å². The first kappa shape index (κ1) is 20.0. The molecule has 1 aromatic heterocycles. The Morgan fingerprint density at radius 3 is 2.57 bits per heavy atom. The summed E-state index contributed by atoms with van der Waals surface area (Å²) >= 11 is 5.90. The van der Waals surface area contributed by atoms with Gasteiger partial charge in [-0.25, -0.2) is 4.79 Å². The summed E-state index contributed by atoms with van der Waals surface area (Å²) in [5.41, 5.74) is 2.87. The zero-order chi connectivity index (χ0) is 20.1. The lowest BCUT2D eigenvalue weighted by atomic mass is 10.1. The zero-order valence-corrected chi connectivity index (χ0v) is 16.6. The quantitative estimate of drug-likeness (QED) is 0.612. The Bertz CT molecular complexity index is 1030. The number of nitrogens with zero attached hydrogens (tertiary/aromatic N) is 1. The van der Waals surface area contributed by atoms with Crippen molar-refractivity contribution in [1.82, 2.24) is 4.57 Å². The summed E-state index contributed by atoms with van der Waals surface area (Å²) in [6.45, 7) is 4.18. The van der Waals surface area contributed by atoms with Crippen molar-refractivity contribution in [1.29, 1.82) is 0 Å². The van der Waals surface area contributed by atoms with Gasteiger partial charge in [-0.15, -0.1) is 0 Å². The van der Waals surface area contributed by atoms with E-state index >= 15 is 0 Å². The average Bonchev–Trinajstić information content (AvgIpc) is 3.00.